The Hall–Kier alpha value is -2.28. The maximum absolute atomic E-state index is 11.1. The molecule has 0 saturated heterocycles. The highest BCUT2D eigenvalue weighted by Gasteiger charge is 2.17. The average Bonchev–Trinajstić information content (AvgIpc) is 2.49. The van der Waals surface area contributed by atoms with Crippen molar-refractivity contribution >= 4 is 11.9 Å². The molecule has 0 spiro atoms. The number of carboxylic acids is 1. The minimum atomic E-state index is -0.992. The number of amides is 1. The first-order valence-corrected chi connectivity index (χ1v) is 6.93. The van der Waals surface area contributed by atoms with Gasteiger partial charge in [0.2, 0.25) is 5.91 Å². The summed E-state index contributed by atoms with van der Waals surface area (Å²) in [6, 6.07) is 4.75. The lowest BCUT2D eigenvalue weighted by atomic mass is 10.1. The molecule has 0 aliphatic rings. The number of nitrogens with one attached hydrogen (secondary N) is 1. The zero-order valence-corrected chi connectivity index (χ0v) is 12.8. The van der Waals surface area contributed by atoms with Gasteiger partial charge in [0.1, 0.15) is 6.04 Å². The van der Waals surface area contributed by atoms with Crippen molar-refractivity contribution in [3.63, 3.8) is 0 Å². The molecule has 1 amide bonds. The molecule has 1 rings (SSSR count). The summed E-state index contributed by atoms with van der Waals surface area (Å²) in [7, 11) is 3.12. The minimum Gasteiger partial charge on any atom is -0.493 e. The summed E-state index contributed by atoms with van der Waals surface area (Å²) in [4.78, 5) is 21.8. The summed E-state index contributed by atoms with van der Waals surface area (Å²) in [6.07, 6.45) is 0.845. The molecule has 7 nitrogen and oxygen atoms in total. The summed E-state index contributed by atoms with van der Waals surface area (Å²) in [6.45, 7) is 0.464. The Bertz CT molecular complexity index is 519. The van der Waals surface area contributed by atoms with E-state index in [0.717, 1.165) is 5.56 Å². The normalized spacial score (nSPS) is 11.7. The van der Waals surface area contributed by atoms with Gasteiger partial charge in [-0.2, -0.15) is 0 Å². The Kier molecular flexibility index (Phi) is 7.18. The molecular formula is C15H22N2O5. The molecule has 0 fully saturated rings. The van der Waals surface area contributed by atoms with Crippen molar-refractivity contribution in [1.82, 2.24) is 5.32 Å². The molecule has 0 unspecified atom stereocenters. The van der Waals surface area contributed by atoms with Crippen LogP contribution in [-0.4, -0.2) is 43.8 Å². The molecule has 0 saturated carbocycles. The van der Waals surface area contributed by atoms with Gasteiger partial charge in [0.15, 0.2) is 11.5 Å². The van der Waals surface area contributed by atoms with Crippen LogP contribution in [0.1, 0.15) is 18.4 Å². The van der Waals surface area contributed by atoms with Gasteiger partial charge in [0, 0.05) is 6.42 Å². The largest absolute Gasteiger partial charge is 0.493 e. The van der Waals surface area contributed by atoms with Crippen LogP contribution >= 0.6 is 0 Å². The fraction of sp³-hybridized carbons (Fsp3) is 0.467. The van der Waals surface area contributed by atoms with Gasteiger partial charge in [-0.1, -0.05) is 6.07 Å². The lowest BCUT2D eigenvalue weighted by molar-refractivity contribution is -0.139. The number of aliphatic carboxylic acids is 1. The van der Waals surface area contributed by atoms with Gasteiger partial charge in [-0.25, -0.2) is 0 Å². The summed E-state index contributed by atoms with van der Waals surface area (Å²) in [5, 5.41) is 12.0. The fourth-order valence-corrected chi connectivity index (χ4v) is 2.03. The Morgan fingerprint density at radius 2 is 1.95 bits per heavy atom. The Balaban J connectivity index is 2.54. The highest BCUT2D eigenvalue weighted by Crippen LogP contribution is 2.27. The number of benzene rings is 1. The van der Waals surface area contributed by atoms with Crippen LogP contribution in [0.4, 0.5) is 0 Å². The summed E-state index contributed by atoms with van der Waals surface area (Å²) < 4.78 is 10.4. The second-order valence-electron chi connectivity index (χ2n) is 4.79. The second kappa shape index (κ2) is 8.89. The first-order valence-electron chi connectivity index (χ1n) is 6.93. The van der Waals surface area contributed by atoms with Crippen LogP contribution < -0.4 is 20.5 Å². The molecule has 4 N–H and O–H groups in total. The third-order valence-corrected chi connectivity index (χ3v) is 3.23. The number of nitrogens with two attached hydrogens (primary N) is 1. The second-order valence-corrected chi connectivity index (χ2v) is 4.79. The van der Waals surface area contributed by atoms with Crippen molar-refractivity contribution < 1.29 is 24.2 Å². The van der Waals surface area contributed by atoms with E-state index in [9.17, 15) is 9.59 Å². The van der Waals surface area contributed by atoms with Gasteiger partial charge in [-0.15, -0.1) is 0 Å². The zero-order chi connectivity index (χ0) is 16.5. The highest BCUT2D eigenvalue weighted by molar-refractivity contribution is 5.77. The smallest absolute Gasteiger partial charge is 0.320 e. The van der Waals surface area contributed by atoms with Crippen molar-refractivity contribution in [3.8, 4) is 11.5 Å². The first kappa shape index (κ1) is 17.8. The molecule has 0 radical (unpaired) electrons. The third kappa shape index (κ3) is 5.61. The Labute approximate surface area is 129 Å². The summed E-state index contributed by atoms with van der Waals surface area (Å²) >= 11 is 0. The first-order chi connectivity index (χ1) is 10.5. The maximum atomic E-state index is 11.1. The van der Waals surface area contributed by atoms with E-state index in [1.807, 2.05) is 12.1 Å². The van der Waals surface area contributed by atoms with Gasteiger partial charge < -0.3 is 25.6 Å². The van der Waals surface area contributed by atoms with Crippen LogP contribution in [0.15, 0.2) is 18.2 Å². The number of ether oxygens (including phenoxy) is 2. The number of carbonyl (C=O) groups excluding carboxylic acids is 1. The number of primary amides is 1. The van der Waals surface area contributed by atoms with E-state index in [1.165, 1.54) is 0 Å². The zero-order valence-electron chi connectivity index (χ0n) is 12.8. The number of hydrogen-bond acceptors (Lipinski definition) is 5. The molecule has 122 valence electrons. The summed E-state index contributed by atoms with van der Waals surface area (Å²) in [5.74, 6) is -0.228. The lowest BCUT2D eigenvalue weighted by Crippen LogP contribution is -2.38. The number of rotatable bonds is 10. The van der Waals surface area contributed by atoms with Crippen LogP contribution in [0.2, 0.25) is 0 Å². The van der Waals surface area contributed by atoms with Gasteiger partial charge in [-0.05, 0) is 37.1 Å². The van der Waals surface area contributed by atoms with Crippen LogP contribution in [0, 0.1) is 0 Å². The lowest BCUT2D eigenvalue weighted by Gasteiger charge is -2.14. The molecular weight excluding hydrogens is 288 g/mol. The van der Waals surface area contributed by atoms with Crippen molar-refractivity contribution in [1.29, 1.82) is 0 Å². The molecule has 22 heavy (non-hydrogen) atoms. The van der Waals surface area contributed by atoms with Gasteiger partial charge in [0.05, 0.1) is 14.2 Å². The molecule has 1 aromatic rings. The van der Waals surface area contributed by atoms with Gasteiger partial charge in [-0.3, -0.25) is 9.59 Å². The molecule has 0 aromatic heterocycles. The predicted molar refractivity (Wildman–Crippen MR) is 81.1 cm³/mol. The quantitative estimate of drug-likeness (QED) is 0.582. The van der Waals surface area contributed by atoms with Gasteiger partial charge in [0.25, 0.3) is 0 Å². The molecule has 0 aliphatic carbocycles. The fourth-order valence-electron chi connectivity index (χ4n) is 2.03. The van der Waals surface area contributed by atoms with Crippen molar-refractivity contribution in [2.75, 3.05) is 20.8 Å². The topological polar surface area (TPSA) is 111 Å². The van der Waals surface area contributed by atoms with E-state index in [-0.39, 0.29) is 12.8 Å². The third-order valence-electron chi connectivity index (χ3n) is 3.23. The van der Waals surface area contributed by atoms with E-state index in [4.69, 9.17) is 20.3 Å². The number of hydrogen-bond donors (Lipinski definition) is 3. The van der Waals surface area contributed by atoms with E-state index < -0.39 is 17.9 Å². The van der Waals surface area contributed by atoms with Crippen LogP contribution in [0.25, 0.3) is 0 Å². The summed E-state index contributed by atoms with van der Waals surface area (Å²) in [5.41, 5.74) is 6.02. The van der Waals surface area contributed by atoms with Crippen LogP contribution in [0.3, 0.4) is 0 Å². The maximum Gasteiger partial charge on any atom is 0.320 e. The average molecular weight is 310 g/mol. The van der Waals surface area contributed by atoms with Crippen LogP contribution in [-0.2, 0) is 16.0 Å². The van der Waals surface area contributed by atoms with E-state index in [0.29, 0.717) is 24.5 Å². The SMILES string of the molecule is COc1ccc(CCN[C@@H](CCC(N)=O)C(=O)O)cc1OC. The Morgan fingerprint density at radius 1 is 1.27 bits per heavy atom. The molecule has 1 atom stereocenters. The molecule has 0 bridgehead atoms. The molecule has 0 aliphatic heterocycles. The number of carbonyl (C=O) groups is 2. The number of methoxy groups -OCH3 is 2. The van der Waals surface area contributed by atoms with E-state index in [1.54, 1.807) is 20.3 Å². The minimum absolute atomic E-state index is 0.0420. The predicted octanol–water partition coefficient (Wildman–Crippen LogP) is 0.555. The van der Waals surface area contributed by atoms with E-state index >= 15 is 0 Å². The van der Waals surface area contributed by atoms with Crippen molar-refractivity contribution in [2.24, 2.45) is 5.73 Å². The van der Waals surface area contributed by atoms with Gasteiger partial charge >= 0.3 is 5.97 Å². The van der Waals surface area contributed by atoms with Crippen molar-refractivity contribution in [2.45, 2.75) is 25.3 Å². The van der Waals surface area contributed by atoms with Crippen molar-refractivity contribution in [3.05, 3.63) is 23.8 Å². The molecule has 7 heteroatoms. The van der Waals surface area contributed by atoms with Crippen LogP contribution in [0.5, 0.6) is 11.5 Å². The number of carboxylic acid groups (broad SMARTS) is 1. The Morgan fingerprint density at radius 3 is 2.50 bits per heavy atom. The molecule has 1 aromatic carbocycles. The van der Waals surface area contributed by atoms with E-state index in [2.05, 4.69) is 5.32 Å². The molecule has 0 heterocycles. The highest BCUT2D eigenvalue weighted by atomic mass is 16.5. The standard InChI is InChI=1S/C15H22N2O5/c1-21-12-5-3-10(9-13(12)22-2)7-8-17-11(15(19)20)4-6-14(16)18/h3,5,9,11,17H,4,6-8H2,1-2H3,(H2,16,18)(H,19,20)/t11-/m0/s1. The monoisotopic (exact) mass is 310 g/mol.